The highest BCUT2D eigenvalue weighted by Gasteiger charge is 2.12. The maximum Gasteiger partial charge on any atom is 0.288 e. The molecule has 6 heteroatoms. The van der Waals surface area contributed by atoms with Gasteiger partial charge in [0.1, 0.15) is 5.02 Å². The predicted molar refractivity (Wildman–Crippen MR) is 82.9 cm³/mol. The van der Waals surface area contributed by atoms with Crippen molar-refractivity contribution in [3.05, 3.63) is 79.8 Å². The summed E-state index contributed by atoms with van der Waals surface area (Å²) < 4.78 is 0. The fourth-order valence-corrected chi connectivity index (χ4v) is 2.11. The summed E-state index contributed by atoms with van der Waals surface area (Å²) >= 11 is 11.6. The number of rotatable bonds is 4. The molecular weight excluding hydrogens is 313 g/mol. The number of nitrogens with zero attached hydrogens (tertiary/aromatic N) is 1. The summed E-state index contributed by atoms with van der Waals surface area (Å²) in [5.41, 5.74) is 0.675. The molecule has 4 nitrogen and oxygen atoms in total. The maximum absolute atomic E-state index is 12.0. The van der Waals surface area contributed by atoms with Gasteiger partial charge in [-0.15, -0.1) is 0 Å². The zero-order valence-corrected chi connectivity index (χ0v) is 12.1. The van der Waals surface area contributed by atoms with E-state index < -0.39 is 4.92 Å². The smallest absolute Gasteiger partial charge is 0.288 e. The van der Waals surface area contributed by atoms with E-state index in [1.807, 2.05) is 0 Å². The van der Waals surface area contributed by atoms with E-state index in [2.05, 4.69) is 0 Å². The number of carbonyl (C=O) groups is 1. The number of benzene rings is 2. The molecule has 2 aromatic rings. The molecule has 21 heavy (non-hydrogen) atoms. The highest BCUT2D eigenvalue weighted by Crippen LogP contribution is 2.25. The largest absolute Gasteiger partial charge is 0.289 e. The van der Waals surface area contributed by atoms with E-state index in [1.165, 1.54) is 24.3 Å². The number of halogens is 2. The van der Waals surface area contributed by atoms with Crippen LogP contribution in [0.15, 0.2) is 48.5 Å². The van der Waals surface area contributed by atoms with Crippen LogP contribution < -0.4 is 0 Å². The van der Waals surface area contributed by atoms with Crippen LogP contribution >= 0.6 is 23.2 Å². The van der Waals surface area contributed by atoms with Crippen molar-refractivity contribution in [2.75, 3.05) is 0 Å². The van der Waals surface area contributed by atoms with Crippen molar-refractivity contribution in [1.82, 2.24) is 0 Å². The first kappa shape index (κ1) is 15.2. The minimum atomic E-state index is -0.574. The second-order valence-corrected chi connectivity index (χ2v) is 4.96. The molecule has 2 aromatic carbocycles. The SMILES string of the molecule is O=C(/C=C/c1ccc(Cl)c([N+](=O)[O-])c1)c1ccccc1Cl. The highest BCUT2D eigenvalue weighted by molar-refractivity contribution is 6.34. The second-order valence-electron chi connectivity index (χ2n) is 4.15. The van der Waals surface area contributed by atoms with E-state index in [1.54, 1.807) is 30.3 Å². The molecule has 0 N–H and O–H groups in total. The van der Waals surface area contributed by atoms with E-state index in [-0.39, 0.29) is 16.5 Å². The van der Waals surface area contributed by atoms with Crippen LogP contribution in [0.2, 0.25) is 10.0 Å². The van der Waals surface area contributed by atoms with E-state index in [0.29, 0.717) is 16.1 Å². The molecule has 0 bridgehead atoms. The second kappa shape index (κ2) is 6.52. The van der Waals surface area contributed by atoms with Crippen molar-refractivity contribution in [2.24, 2.45) is 0 Å². The zero-order chi connectivity index (χ0) is 15.4. The number of carbonyl (C=O) groups excluding carboxylic acids is 1. The van der Waals surface area contributed by atoms with Crippen molar-refractivity contribution in [1.29, 1.82) is 0 Å². The van der Waals surface area contributed by atoms with E-state index in [9.17, 15) is 14.9 Å². The quantitative estimate of drug-likeness (QED) is 0.352. The van der Waals surface area contributed by atoms with E-state index in [0.717, 1.165) is 0 Å². The minimum Gasteiger partial charge on any atom is -0.289 e. The fourth-order valence-electron chi connectivity index (χ4n) is 1.70. The predicted octanol–water partition coefficient (Wildman–Crippen LogP) is 4.80. The van der Waals surface area contributed by atoms with Gasteiger partial charge in [-0.1, -0.05) is 47.5 Å². The van der Waals surface area contributed by atoms with Crippen molar-refractivity contribution >= 4 is 40.7 Å². The lowest BCUT2D eigenvalue weighted by Gasteiger charge is -1.99. The van der Waals surface area contributed by atoms with Crippen LogP contribution in [0.4, 0.5) is 5.69 Å². The first-order valence-corrected chi connectivity index (χ1v) is 6.65. The average molecular weight is 322 g/mol. The normalized spacial score (nSPS) is 10.8. The van der Waals surface area contributed by atoms with Crippen LogP contribution in [0.1, 0.15) is 15.9 Å². The van der Waals surface area contributed by atoms with Crippen LogP contribution in [-0.4, -0.2) is 10.7 Å². The Balaban J connectivity index is 2.26. The van der Waals surface area contributed by atoms with Crippen LogP contribution in [0, 0.1) is 10.1 Å². The first-order valence-electron chi connectivity index (χ1n) is 5.90. The number of nitro benzene ring substituents is 1. The third-order valence-corrected chi connectivity index (χ3v) is 3.38. The Morgan fingerprint density at radius 3 is 2.48 bits per heavy atom. The third-order valence-electron chi connectivity index (χ3n) is 2.73. The summed E-state index contributed by atoms with van der Waals surface area (Å²) in [7, 11) is 0. The van der Waals surface area contributed by atoms with Crippen LogP contribution in [0.3, 0.4) is 0 Å². The molecule has 0 saturated carbocycles. The Bertz CT molecular complexity index is 741. The Labute approximate surface area is 130 Å². The van der Waals surface area contributed by atoms with Crippen LogP contribution in [0.5, 0.6) is 0 Å². The number of ketones is 1. The van der Waals surface area contributed by atoms with Crippen LogP contribution in [-0.2, 0) is 0 Å². The molecular formula is C15H9Cl2NO3. The van der Waals surface area contributed by atoms with Crippen molar-refractivity contribution in [2.45, 2.75) is 0 Å². The van der Waals surface area contributed by atoms with Gasteiger partial charge < -0.3 is 0 Å². The van der Waals surface area contributed by atoms with Crippen molar-refractivity contribution < 1.29 is 9.72 Å². The van der Waals surface area contributed by atoms with Crippen LogP contribution in [0.25, 0.3) is 6.08 Å². The van der Waals surface area contributed by atoms with E-state index >= 15 is 0 Å². The molecule has 0 fully saturated rings. The molecule has 0 saturated heterocycles. The highest BCUT2D eigenvalue weighted by atomic mass is 35.5. The molecule has 0 aliphatic carbocycles. The van der Waals surface area contributed by atoms with Gasteiger partial charge in [0, 0.05) is 11.6 Å². The lowest BCUT2D eigenvalue weighted by molar-refractivity contribution is -0.384. The number of nitro groups is 1. The topological polar surface area (TPSA) is 60.2 Å². The number of hydrogen-bond donors (Lipinski definition) is 0. The van der Waals surface area contributed by atoms with Gasteiger partial charge >= 0.3 is 0 Å². The molecule has 0 unspecified atom stereocenters. The summed E-state index contributed by atoms with van der Waals surface area (Å²) in [4.78, 5) is 22.2. The maximum atomic E-state index is 12.0. The monoisotopic (exact) mass is 321 g/mol. The third kappa shape index (κ3) is 3.68. The van der Waals surface area contributed by atoms with Gasteiger partial charge in [-0.05, 0) is 29.8 Å². The lowest BCUT2D eigenvalue weighted by Crippen LogP contribution is -1.95. The van der Waals surface area contributed by atoms with Gasteiger partial charge in [-0.2, -0.15) is 0 Å². The molecule has 0 aliphatic rings. The molecule has 0 atom stereocenters. The summed E-state index contributed by atoms with van der Waals surface area (Å²) in [6, 6.07) is 11.0. The Morgan fingerprint density at radius 1 is 1.10 bits per heavy atom. The molecule has 0 spiro atoms. The summed E-state index contributed by atoms with van der Waals surface area (Å²) in [5.74, 6) is -0.279. The summed E-state index contributed by atoms with van der Waals surface area (Å²) in [6.45, 7) is 0. The number of hydrogen-bond acceptors (Lipinski definition) is 3. The van der Waals surface area contributed by atoms with Gasteiger partial charge in [0.2, 0.25) is 0 Å². The Kier molecular flexibility index (Phi) is 4.73. The Morgan fingerprint density at radius 2 is 1.81 bits per heavy atom. The molecule has 0 heterocycles. The lowest BCUT2D eigenvalue weighted by atomic mass is 10.1. The van der Waals surface area contributed by atoms with Gasteiger partial charge in [0.15, 0.2) is 5.78 Å². The average Bonchev–Trinajstić information content (AvgIpc) is 2.46. The minimum absolute atomic E-state index is 0.0505. The zero-order valence-electron chi connectivity index (χ0n) is 10.6. The van der Waals surface area contributed by atoms with E-state index in [4.69, 9.17) is 23.2 Å². The molecule has 0 amide bonds. The molecule has 0 radical (unpaired) electrons. The van der Waals surface area contributed by atoms with Gasteiger partial charge in [0.05, 0.1) is 9.95 Å². The standard InChI is InChI=1S/C15H9Cl2NO3/c16-12-4-2-1-3-11(12)15(19)8-6-10-5-7-13(17)14(9-10)18(20)21/h1-9H/b8-6+. The molecule has 0 aliphatic heterocycles. The summed E-state index contributed by atoms with van der Waals surface area (Å²) in [6.07, 6.45) is 2.79. The number of allylic oxidation sites excluding steroid dienone is 1. The van der Waals surface area contributed by atoms with Crippen molar-refractivity contribution in [3.63, 3.8) is 0 Å². The molecule has 106 valence electrons. The first-order chi connectivity index (χ1) is 9.99. The van der Waals surface area contributed by atoms with Crippen molar-refractivity contribution in [3.8, 4) is 0 Å². The van der Waals surface area contributed by atoms with Gasteiger partial charge in [0.25, 0.3) is 5.69 Å². The molecule has 0 aromatic heterocycles. The molecule has 2 rings (SSSR count). The fraction of sp³-hybridized carbons (Fsp3) is 0. The van der Waals surface area contributed by atoms with Gasteiger partial charge in [-0.25, -0.2) is 0 Å². The Hall–Kier alpha value is -2.17. The summed E-state index contributed by atoms with van der Waals surface area (Å²) in [5, 5.41) is 11.2. The van der Waals surface area contributed by atoms with Gasteiger partial charge in [-0.3, -0.25) is 14.9 Å².